The fourth-order valence-electron chi connectivity index (χ4n) is 2.78. The standard InChI is InChI=1S/C22H24N4O4/c1-3-29-18-4-6-19(7-5-18)30-15-14-24-22(28)16(2)26-21(27)9-8-20(25-26)17-10-12-23-13-11-17/h4-13,16H,3,14-15H2,1-2H3,(H,24,28). The number of carbonyl (C=O) groups excluding carboxylic acids is 1. The maximum Gasteiger partial charge on any atom is 0.267 e. The van der Waals surface area contributed by atoms with E-state index in [2.05, 4.69) is 15.4 Å². The van der Waals surface area contributed by atoms with Gasteiger partial charge in [-0.1, -0.05) is 0 Å². The molecule has 0 aliphatic heterocycles. The molecule has 0 fully saturated rings. The molecule has 8 heteroatoms. The molecular formula is C22H24N4O4. The molecule has 0 bridgehead atoms. The van der Waals surface area contributed by atoms with Gasteiger partial charge in [-0.05, 0) is 56.3 Å². The fourth-order valence-corrected chi connectivity index (χ4v) is 2.78. The average molecular weight is 408 g/mol. The van der Waals surface area contributed by atoms with E-state index in [4.69, 9.17) is 9.47 Å². The van der Waals surface area contributed by atoms with Gasteiger partial charge >= 0.3 is 0 Å². The van der Waals surface area contributed by atoms with Crippen molar-refractivity contribution in [2.75, 3.05) is 19.8 Å². The van der Waals surface area contributed by atoms with E-state index in [1.54, 1.807) is 37.5 Å². The van der Waals surface area contributed by atoms with Gasteiger partial charge in [0.05, 0.1) is 18.8 Å². The van der Waals surface area contributed by atoms with Gasteiger partial charge in [0.1, 0.15) is 24.1 Å². The molecule has 1 N–H and O–H groups in total. The molecule has 0 radical (unpaired) electrons. The molecule has 0 saturated carbocycles. The van der Waals surface area contributed by atoms with Crippen LogP contribution in [0.15, 0.2) is 65.7 Å². The summed E-state index contributed by atoms with van der Waals surface area (Å²) in [6, 6.07) is 13.1. The van der Waals surface area contributed by atoms with E-state index >= 15 is 0 Å². The Morgan fingerprint density at radius 2 is 1.70 bits per heavy atom. The van der Waals surface area contributed by atoms with Crippen molar-refractivity contribution in [2.45, 2.75) is 19.9 Å². The van der Waals surface area contributed by atoms with Gasteiger partial charge in [-0.2, -0.15) is 5.10 Å². The minimum Gasteiger partial charge on any atom is -0.494 e. The summed E-state index contributed by atoms with van der Waals surface area (Å²) < 4.78 is 12.2. The summed E-state index contributed by atoms with van der Waals surface area (Å²) in [5.74, 6) is 1.15. The third-order valence-corrected chi connectivity index (χ3v) is 4.35. The zero-order valence-corrected chi connectivity index (χ0v) is 16.9. The molecule has 3 rings (SSSR count). The number of hydrogen-bond acceptors (Lipinski definition) is 6. The predicted molar refractivity (Wildman–Crippen MR) is 113 cm³/mol. The van der Waals surface area contributed by atoms with Crippen LogP contribution in [0.25, 0.3) is 11.3 Å². The van der Waals surface area contributed by atoms with Crippen LogP contribution in [0.3, 0.4) is 0 Å². The third-order valence-electron chi connectivity index (χ3n) is 4.35. The summed E-state index contributed by atoms with van der Waals surface area (Å²) in [5, 5.41) is 7.11. The Morgan fingerprint density at radius 3 is 2.37 bits per heavy atom. The van der Waals surface area contributed by atoms with Gasteiger partial charge in [-0.15, -0.1) is 0 Å². The van der Waals surface area contributed by atoms with Gasteiger partial charge in [0.15, 0.2) is 0 Å². The maximum atomic E-state index is 12.5. The van der Waals surface area contributed by atoms with Gasteiger partial charge in [0, 0.05) is 24.0 Å². The first kappa shape index (κ1) is 21.0. The van der Waals surface area contributed by atoms with Crippen molar-refractivity contribution in [2.24, 2.45) is 0 Å². The smallest absolute Gasteiger partial charge is 0.267 e. The lowest BCUT2D eigenvalue weighted by Crippen LogP contribution is -2.38. The summed E-state index contributed by atoms with van der Waals surface area (Å²) in [6.07, 6.45) is 3.29. The number of ether oxygens (including phenoxy) is 2. The Bertz CT molecular complexity index is 1020. The molecule has 156 valence electrons. The van der Waals surface area contributed by atoms with Crippen LogP contribution in [0.4, 0.5) is 0 Å². The van der Waals surface area contributed by atoms with Crippen LogP contribution in [0.2, 0.25) is 0 Å². The van der Waals surface area contributed by atoms with Crippen molar-refractivity contribution in [1.29, 1.82) is 0 Å². The minimum absolute atomic E-state index is 0.297. The van der Waals surface area contributed by atoms with E-state index in [0.29, 0.717) is 31.2 Å². The lowest BCUT2D eigenvalue weighted by atomic mass is 10.2. The molecule has 8 nitrogen and oxygen atoms in total. The lowest BCUT2D eigenvalue weighted by Gasteiger charge is -2.15. The van der Waals surface area contributed by atoms with Crippen molar-refractivity contribution >= 4 is 5.91 Å². The van der Waals surface area contributed by atoms with Crippen LogP contribution in [-0.2, 0) is 4.79 Å². The molecule has 1 unspecified atom stereocenters. The molecule has 1 atom stereocenters. The van der Waals surface area contributed by atoms with Crippen molar-refractivity contribution in [3.63, 3.8) is 0 Å². The van der Waals surface area contributed by atoms with Crippen LogP contribution >= 0.6 is 0 Å². The highest BCUT2D eigenvalue weighted by molar-refractivity contribution is 5.79. The van der Waals surface area contributed by atoms with Crippen LogP contribution in [-0.4, -0.2) is 40.4 Å². The quantitative estimate of drug-likeness (QED) is 0.547. The molecule has 0 saturated heterocycles. The van der Waals surface area contributed by atoms with Crippen LogP contribution in [0.1, 0.15) is 19.9 Å². The highest BCUT2D eigenvalue weighted by Gasteiger charge is 2.17. The number of rotatable bonds is 9. The molecular weight excluding hydrogens is 384 g/mol. The van der Waals surface area contributed by atoms with Gasteiger partial charge in [-0.25, -0.2) is 4.68 Å². The van der Waals surface area contributed by atoms with Crippen molar-refractivity contribution in [3.8, 4) is 22.8 Å². The Labute approximate surface area is 174 Å². The highest BCUT2D eigenvalue weighted by atomic mass is 16.5. The Morgan fingerprint density at radius 1 is 1.03 bits per heavy atom. The first-order valence-corrected chi connectivity index (χ1v) is 9.72. The average Bonchev–Trinajstić information content (AvgIpc) is 2.78. The number of amides is 1. The van der Waals surface area contributed by atoms with Gasteiger partial charge in [-0.3, -0.25) is 14.6 Å². The second-order valence-corrected chi connectivity index (χ2v) is 6.46. The van der Waals surface area contributed by atoms with Gasteiger partial charge in [0.2, 0.25) is 5.91 Å². The number of carbonyl (C=O) groups is 1. The number of pyridine rings is 1. The van der Waals surface area contributed by atoms with Crippen LogP contribution < -0.4 is 20.3 Å². The Hall–Kier alpha value is -3.68. The van der Waals surface area contributed by atoms with E-state index in [9.17, 15) is 9.59 Å². The van der Waals surface area contributed by atoms with E-state index in [1.165, 1.54) is 10.7 Å². The van der Waals surface area contributed by atoms with E-state index in [0.717, 1.165) is 11.3 Å². The van der Waals surface area contributed by atoms with Crippen LogP contribution in [0.5, 0.6) is 11.5 Å². The SMILES string of the molecule is CCOc1ccc(OCCNC(=O)C(C)n2nc(-c3ccncc3)ccc2=O)cc1. The number of benzene rings is 1. The second kappa shape index (κ2) is 10.2. The van der Waals surface area contributed by atoms with Crippen molar-refractivity contribution < 1.29 is 14.3 Å². The third kappa shape index (κ3) is 5.44. The van der Waals surface area contributed by atoms with Gasteiger partial charge < -0.3 is 14.8 Å². The molecule has 30 heavy (non-hydrogen) atoms. The van der Waals surface area contributed by atoms with E-state index in [-0.39, 0.29) is 11.5 Å². The normalized spacial score (nSPS) is 11.5. The number of aromatic nitrogens is 3. The van der Waals surface area contributed by atoms with Gasteiger partial charge in [0.25, 0.3) is 5.56 Å². The number of nitrogens with one attached hydrogen (secondary N) is 1. The molecule has 2 heterocycles. The summed E-state index contributed by atoms with van der Waals surface area (Å²) >= 11 is 0. The molecule has 0 aliphatic carbocycles. The molecule has 1 aromatic carbocycles. The zero-order chi connectivity index (χ0) is 21.3. The largest absolute Gasteiger partial charge is 0.494 e. The summed E-state index contributed by atoms with van der Waals surface area (Å²) in [6.45, 7) is 4.76. The van der Waals surface area contributed by atoms with Crippen molar-refractivity contribution in [1.82, 2.24) is 20.1 Å². The summed E-state index contributed by atoms with van der Waals surface area (Å²) in [5.41, 5.74) is 1.06. The first-order chi connectivity index (χ1) is 14.6. The lowest BCUT2D eigenvalue weighted by molar-refractivity contribution is -0.124. The monoisotopic (exact) mass is 408 g/mol. The van der Waals surface area contributed by atoms with Crippen molar-refractivity contribution in [3.05, 3.63) is 71.3 Å². The topological polar surface area (TPSA) is 95.3 Å². The van der Waals surface area contributed by atoms with E-state index < -0.39 is 6.04 Å². The van der Waals surface area contributed by atoms with Crippen LogP contribution in [0, 0.1) is 0 Å². The number of hydrogen-bond donors (Lipinski definition) is 1. The second-order valence-electron chi connectivity index (χ2n) is 6.46. The fraction of sp³-hybridized carbons (Fsp3) is 0.273. The summed E-state index contributed by atoms with van der Waals surface area (Å²) in [4.78, 5) is 28.7. The summed E-state index contributed by atoms with van der Waals surface area (Å²) in [7, 11) is 0. The Kier molecular flexibility index (Phi) is 7.15. The Balaban J connectivity index is 1.55. The molecule has 1 amide bonds. The highest BCUT2D eigenvalue weighted by Crippen LogP contribution is 2.17. The zero-order valence-electron chi connectivity index (χ0n) is 16.9. The predicted octanol–water partition coefficient (Wildman–Crippen LogP) is 2.46. The molecule has 0 aliphatic rings. The molecule has 2 aromatic heterocycles. The molecule has 0 spiro atoms. The first-order valence-electron chi connectivity index (χ1n) is 9.72. The minimum atomic E-state index is -0.759. The maximum absolute atomic E-state index is 12.5. The molecule has 3 aromatic rings. The number of nitrogens with zero attached hydrogens (tertiary/aromatic N) is 3. The van der Waals surface area contributed by atoms with E-state index in [1.807, 2.05) is 31.2 Å².